The molecule has 3 heteroatoms. The summed E-state index contributed by atoms with van der Waals surface area (Å²) in [6.07, 6.45) is 6.05. The summed E-state index contributed by atoms with van der Waals surface area (Å²) in [6, 6.07) is 4.65. The Kier molecular flexibility index (Phi) is 4.90. The number of aryl methyl sites for hydroxylation is 1. The highest BCUT2D eigenvalue weighted by molar-refractivity contribution is 7.08. The highest BCUT2D eigenvalue weighted by Crippen LogP contribution is 2.26. The predicted molar refractivity (Wildman–Crippen MR) is 78.1 cm³/mol. The Hall–Kier alpha value is -1.19. The van der Waals surface area contributed by atoms with Gasteiger partial charge in [-0.3, -0.25) is 4.98 Å². The maximum absolute atomic E-state index is 4.24. The van der Waals surface area contributed by atoms with E-state index in [2.05, 4.69) is 47.0 Å². The highest BCUT2D eigenvalue weighted by Gasteiger charge is 2.16. The number of pyridine rings is 1. The molecular formula is C15H20N2S. The summed E-state index contributed by atoms with van der Waals surface area (Å²) >= 11 is 1.75. The second-order valence-corrected chi connectivity index (χ2v) is 5.15. The molecule has 0 saturated heterocycles. The largest absolute Gasteiger partial charge is 0.306 e. The van der Waals surface area contributed by atoms with E-state index in [1.165, 1.54) is 16.7 Å². The minimum Gasteiger partial charge on any atom is -0.306 e. The predicted octanol–water partition coefficient (Wildman–Crippen LogP) is 3.79. The SMILES string of the molecule is CCCNC(c1ccsc1)c1ccncc1CC. The Balaban J connectivity index is 2.33. The molecule has 18 heavy (non-hydrogen) atoms. The number of hydrogen-bond acceptors (Lipinski definition) is 3. The Labute approximate surface area is 113 Å². The van der Waals surface area contributed by atoms with Crippen LogP contribution < -0.4 is 5.32 Å². The summed E-state index contributed by atoms with van der Waals surface area (Å²) in [7, 11) is 0. The molecule has 2 nitrogen and oxygen atoms in total. The molecule has 96 valence electrons. The fourth-order valence-electron chi connectivity index (χ4n) is 2.15. The van der Waals surface area contributed by atoms with Crippen LogP contribution in [0.15, 0.2) is 35.3 Å². The molecule has 1 N–H and O–H groups in total. The standard InChI is InChI=1S/C15H20N2S/c1-3-7-17-15(13-6-9-18-11-13)14-5-8-16-10-12(14)4-2/h5-6,8-11,15,17H,3-4,7H2,1-2H3. The van der Waals surface area contributed by atoms with Gasteiger partial charge >= 0.3 is 0 Å². The normalized spacial score (nSPS) is 12.6. The summed E-state index contributed by atoms with van der Waals surface area (Å²) in [4.78, 5) is 4.24. The van der Waals surface area contributed by atoms with Gasteiger partial charge in [-0.15, -0.1) is 0 Å². The monoisotopic (exact) mass is 260 g/mol. The van der Waals surface area contributed by atoms with Crippen LogP contribution in [0.5, 0.6) is 0 Å². The van der Waals surface area contributed by atoms with E-state index in [4.69, 9.17) is 0 Å². The molecular weight excluding hydrogens is 240 g/mol. The third-order valence-electron chi connectivity index (χ3n) is 3.11. The van der Waals surface area contributed by atoms with Crippen molar-refractivity contribution in [1.29, 1.82) is 0 Å². The summed E-state index contributed by atoms with van der Waals surface area (Å²) in [6.45, 7) is 5.42. The number of nitrogens with one attached hydrogen (secondary N) is 1. The number of rotatable bonds is 6. The zero-order valence-electron chi connectivity index (χ0n) is 11.0. The Morgan fingerprint density at radius 3 is 2.89 bits per heavy atom. The van der Waals surface area contributed by atoms with Crippen molar-refractivity contribution in [3.05, 3.63) is 52.0 Å². The van der Waals surface area contributed by atoms with Gasteiger partial charge in [-0.2, -0.15) is 11.3 Å². The lowest BCUT2D eigenvalue weighted by atomic mass is 9.96. The van der Waals surface area contributed by atoms with Gasteiger partial charge in [0.15, 0.2) is 0 Å². The van der Waals surface area contributed by atoms with Gasteiger partial charge in [0.25, 0.3) is 0 Å². The summed E-state index contributed by atoms with van der Waals surface area (Å²) < 4.78 is 0. The average molecular weight is 260 g/mol. The molecule has 2 heterocycles. The van der Waals surface area contributed by atoms with Crippen molar-refractivity contribution in [1.82, 2.24) is 10.3 Å². The van der Waals surface area contributed by atoms with Crippen molar-refractivity contribution in [3.63, 3.8) is 0 Å². The molecule has 0 saturated carbocycles. The van der Waals surface area contributed by atoms with Crippen LogP contribution in [0.1, 0.15) is 43.0 Å². The molecule has 2 rings (SSSR count). The average Bonchev–Trinajstić information content (AvgIpc) is 2.94. The molecule has 0 aliphatic heterocycles. The molecule has 0 bridgehead atoms. The van der Waals surface area contributed by atoms with E-state index in [0.29, 0.717) is 6.04 Å². The van der Waals surface area contributed by atoms with Gasteiger partial charge in [-0.25, -0.2) is 0 Å². The van der Waals surface area contributed by atoms with Crippen molar-refractivity contribution < 1.29 is 0 Å². The summed E-state index contributed by atoms with van der Waals surface area (Å²) in [5, 5.41) is 8.01. The first kappa shape index (κ1) is 13.2. The maximum Gasteiger partial charge on any atom is 0.0588 e. The zero-order valence-corrected chi connectivity index (χ0v) is 11.8. The molecule has 0 spiro atoms. The van der Waals surface area contributed by atoms with Crippen LogP contribution in [0.25, 0.3) is 0 Å². The summed E-state index contributed by atoms with van der Waals surface area (Å²) in [5.41, 5.74) is 4.05. The lowest BCUT2D eigenvalue weighted by Gasteiger charge is -2.20. The van der Waals surface area contributed by atoms with Gasteiger partial charge < -0.3 is 5.32 Å². The Morgan fingerprint density at radius 1 is 1.33 bits per heavy atom. The number of nitrogens with zero attached hydrogens (tertiary/aromatic N) is 1. The second kappa shape index (κ2) is 6.66. The van der Waals surface area contributed by atoms with Crippen LogP contribution in [0.2, 0.25) is 0 Å². The van der Waals surface area contributed by atoms with Gasteiger partial charge in [0.1, 0.15) is 0 Å². The molecule has 0 aliphatic rings. The maximum atomic E-state index is 4.24. The molecule has 1 atom stereocenters. The van der Waals surface area contributed by atoms with Crippen molar-refractivity contribution in [2.75, 3.05) is 6.54 Å². The number of thiophene rings is 1. The van der Waals surface area contributed by atoms with Crippen molar-refractivity contribution >= 4 is 11.3 Å². The molecule has 0 aliphatic carbocycles. The first-order valence-corrected chi connectivity index (χ1v) is 7.49. The zero-order chi connectivity index (χ0) is 12.8. The van der Waals surface area contributed by atoms with Gasteiger partial charge in [-0.05, 0) is 59.0 Å². The molecule has 0 radical (unpaired) electrons. The van der Waals surface area contributed by atoms with Crippen LogP contribution >= 0.6 is 11.3 Å². The Morgan fingerprint density at radius 2 is 2.22 bits per heavy atom. The van der Waals surface area contributed by atoms with Crippen molar-refractivity contribution in [3.8, 4) is 0 Å². The summed E-state index contributed by atoms with van der Waals surface area (Å²) in [5.74, 6) is 0. The van der Waals surface area contributed by atoms with E-state index in [0.717, 1.165) is 19.4 Å². The number of hydrogen-bond donors (Lipinski definition) is 1. The van der Waals surface area contributed by atoms with E-state index < -0.39 is 0 Å². The van der Waals surface area contributed by atoms with Crippen LogP contribution in [-0.2, 0) is 6.42 Å². The number of aromatic nitrogens is 1. The molecule has 2 aromatic heterocycles. The van der Waals surface area contributed by atoms with E-state index in [1.807, 2.05) is 12.4 Å². The molecule has 0 fully saturated rings. The third-order valence-corrected chi connectivity index (χ3v) is 3.81. The van der Waals surface area contributed by atoms with E-state index in [9.17, 15) is 0 Å². The quantitative estimate of drug-likeness (QED) is 0.854. The minimum atomic E-state index is 0.300. The first-order valence-electron chi connectivity index (χ1n) is 6.55. The molecule has 0 amide bonds. The van der Waals surface area contributed by atoms with Gasteiger partial charge in [0, 0.05) is 12.4 Å². The molecule has 2 aromatic rings. The van der Waals surface area contributed by atoms with E-state index >= 15 is 0 Å². The van der Waals surface area contributed by atoms with Crippen LogP contribution in [-0.4, -0.2) is 11.5 Å². The lowest BCUT2D eigenvalue weighted by Crippen LogP contribution is -2.23. The van der Waals surface area contributed by atoms with Gasteiger partial charge in [0.05, 0.1) is 6.04 Å². The smallest absolute Gasteiger partial charge is 0.0588 e. The fourth-order valence-corrected chi connectivity index (χ4v) is 2.84. The topological polar surface area (TPSA) is 24.9 Å². The molecule has 0 aromatic carbocycles. The first-order chi connectivity index (χ1) is 8.86. The van der Waals surface area contributed by atoms with Crippen molar-refractivity contribution in [2.45, 2.75) is 32.7 Å². The van der Waals surface area contributed by atoms with E-state index in [-0.39, 0.29) is 0 Å². The third kappa shape index (κ3) is 2.98. The van der Waals surface area contributed by atoms with Gasteiger partial charge in [0.2, 0.25) is 0 Å². The van der Waals surface area contributed by atoms with E-state index in [1.54, 1.807) is 11.3 Å². The minimum absolute atomic E-state index is 0.300. The Bertz CT molecular complexity index is 465. The van der Waals surface area contributed by atoms with Crippen molar-refractivity contribution in [2.24, 2.45) is 0 Å². The molecule has 1 unspecified atom stereocenters. The highest BCUT2D eigenvalue weighted by atomic mass is 32.1. The van der Waals surface area contributed by atoms with Crippen LogP contribution in [0.3, 0.4) is 0 Å². The van der Waals surface area contributed by atoms with Crippen LogP contribution in [0.4, 0.5) is 0 Å². The second-order valence-electron chi connectivity index (χ2n) is 4.37. The fraction of sp³-hybridized carbons (Fsp3) is 0.400. The van der Waals surface area contributed by atoms with Crippen LogP contribution in [0, 0.1) is 0 Å². The van der Waals surface area contributed by atoms with Gasteiger partial charge in [-0.1, -0.05) is 13.8 Å². The lowest BCUT2D eigenvalue weighted by molar-refractivity contribution is 0.595.